The van der Waals surface area contributed by atoms with Gasteiger partial charge in [-0.1, -0.05) is 6.07 Å². The van der Waals surface area contributed by atoms with E-state index in [2.05, 4.69) is 5.32 Å². The van der Waals surface area contributed by atoms with Gasteiger partial charge in [0.05, 0.1) is 16.0 Å². The largest absolute Gasteiger partial charge is 0.460 e. The van der Waals surface area contributed by atoms with Gasteiger partial charge in [-0.3, -0.25) is 4.79 Å². The number of hydrogen-bond donors (Lipinski definition) is 2. The normalized spacial score (nSPS) is 18.1. The van der Waals surface area contributed by atoms with Gasteiger partial charge in [0.25, 0.3) is 0 Å². The molecule has 1 heterocycles. The summed E-state index contributed by atoms with van der Waals surface area (Å²) in [5.41, 5.74) is 0.593. The highest BCUT2D eigenvalue weighted by Crippen LogP contribution is 2.31. The monoisotopic (exact) mass is 392 g/mol. The lowest BCUT2D eigenvalue weighted by molar-refractivity contribution is -0.0510. The third-order valence-corrected chi connectivity index (χ3v) is 4.72. The molecule has 1 unspecified atom stereocenters. The second kappa shape index (κ2) is 7.47. The van der Waals surface area contributed by atoms with Crippen molar-refractivity contribution in [1.82, 2.24) is 0 Å². The first-order valence-corrected chi connectivity index (χ1v) is 9.56. The Kier molecular flexibility index (Phi) is 5.26. The molecule has 0 spiro atoms. The van der Waals surface area contributed by atoms with Gasteiger partial charge in [0.1, 0.15) is 11.6 Å². The van der Waals surface area contributed by atoms with E-state index in [0.717, 1.165) is 6.07 Å². The molecule has 0 saturated heterocycles. The number of ether oxygens (including phenoxy) is 2. The lowest BCUT2D eigenvalue weighted by atomic mass is 9.99. The van der Waals surface area contributed by atoms with Crippen LogP contribution in [0.5, 0.6) is 5.75 Å². The van der Waals surface area contributed by atoms with E-state index in [4.69, 9.17) is 14.6 Å². The van der Waals surface area contributed by atoms with E-state index >= 15 is 0 Å². The quantitative estimate of drug-likeness (QED) is 0.757. The molecule has 0 aromatic heterocycles. The Labute approximate surface area is 155 Å². The van der Waals surface area contributed by atoms with Gasteiger partial charge in [-0.15, -0.1) is 0 Å². The van der Waals surface area contributed by atoms with E-state index < -0.39 is 27.9 Å². The number of nitrogens with one attached hydrogen (secondary N) is 1. The predicted octanol–water partition coefficient (Wildman–Crippen LogP) is 2.41. The number of halogens is 1. The number of carbonyl (C=O) groups is 1. The third-order valence-electron chi connectivity index (χ3n) is 3.81. The van der Waals surface area contributed by atoms with Crippen LogP contribution >= 0.6 is 0 Å². The van der Waals surface area contributed by atoms with Crippen molar-refractivity contribution in [3.05, 3.63) is 65.6 Å². The van der Waals surface area contributed by atoms with Crippen LogP contribution in [0.15, 0.2) is 59.1 Å². The van der Waals surface area contributed by atoms with Crippen LogP contribution in [-0.2, 0) is 14.8 Å². The maximum absolute atomic E-state index is 13.5. The number of sulfonamides is 1. The topological polar surface area (TPSA) is 108 Å². The van der Waals surface area contributed by atoms with Crippen LogP contribution in [0, 0.1) is 5.82 Å². The average molecular weight is 392 g/mol. The third kappa shape index (κ3) is 4.16. The number of anilines is 1. The predicted molar refractivity (Wildman–Crippen MR) is 96.3 cm³/mol. The SMILES string of the molecule is CCOC1Oc2ccc(F)cc2C(=O)/C1=C\Nc1cccc(S(N)(=O)=O)c1. The summed E-state index contributed by atoms with van der Waals surface area (Å²) >= 11 is 0. The zero-order valence-corrected chi connectivity index (χ0v) is 15.1. The molecule has 1 atom stereocenters. The van der Waals surface area contributed by atoms with Gasteiger partial charge in [0.2, 0.25) is 22.1 Å². The second-order valence-corrected chi connectivity index (χ2v) is 7.25. The van der Waals surface area contributed by atoms with Crippen molar-refractivity contribution in [2.75, 3.05) is 11.9 Å². The molecular formula is C18H17FN2O5S. The molecule has 9 heteroatoms. The maximum atomic E-state index is 13.5. The molecule has 1 aliphatic heterocycles. The molecule has 0 radical (unpaired) electrons. The Morgan fingerprint density at radius 1 is 1.30 bits per heavy atom. The van der Waals surface area contributed by atoms with Gasteiger partial charge in [0, 0.05) is 18.5 Å². The second-order valence-electron chi connectivity index (χ2n) is 5.69. The van der Waals surface area contributed by atoms with Crippen LogP contribution in [0.2, 0.25) is 0 Å². The molecule has 0 saturated carbocycles. The van der Waals surface area contributed by atoms with Gasteiger partial charge < -0.3 is 14.8 Å². The van der Waals surface area contributed by atoms with E-state index in [9.17, 15) is 17.6 Å². The number of primary sulfonamides is 1. The molecule has 3 rings (SSSR count). The summed E-state index contributed by atoms with van der Waals surface area (Å²) in [4.78, 5) is 12.7. The minimum Gasteiger partial charge on any atom is -0.460 e. The van der Waals surface area contributed by atoms with Crippen molar-refractivity contribution in [2.24, 2.45) is 5.14 Å². The molecule has 27 heavy (non-hydrogen) atoms. The summed E-state index contributed by atoms with van der Waals surface area (Å²) < 4.78 is 47.5. The fourth-order valence-corrected chi connectivity index (χ4v) is 3.12. The highest BCUT2D eigenvalue weighted by atomic mass is 32.2. The smallest absolute Gasteiger partial charge is 0.238 e. The lowest BCUT2D eigenvalue weighted by Crippen LogP contribution is -2.33. The number of rotatable bonds is 5. The zero-order valence-electron chi connectivity index (χ0n) is 14.3. The molecule has 1 aliphatic rings. The van der Waals surface area contributed by atoms with Crippen LogP contribution in [0.4, 0.5) is 10.1 Å². The molecule has 2 aromatic rings. The van der Waals surface area contributed by atoms with Crippen LogP contribution < -0.4 is 15.2 Å². The van der Waals surface area contributed by atoms with Crippen molar-refractivity contribution in [3.8, 4) is 5.75 Å². The number of benzene rings is 2. The Morgan fingerprint density at radius 3 is 2.78 bits per heavy atom. The Bertz CT molecular complexity index is 1020. The summed E-state index contributed by atoms with van der Waals surface area (Å²) in [5.74, 6) is -0.786. The number of hydrogen-bond acceptors (Lipinski definition) is 6. The van der Waals surface area contributed by atoms with E-state index in [0.29, 0.717) is 5.69 Å². The minimum atomic E-state index is -3.86. The van der Waals surface area contributed by atoms with Crippen molar-refractivity contribution in [1.29, 1.82) is 0 Å². The van der Waals surface area contributed by atoms with Crippen LogP contribution in [0.3, 0.4) is 0 Å². The molecule has 0 amide bonds. The molecule has 3 N–H and O–H groups in total. The summed E-state index contributed by atoms with van der Waals surface area (Å²) in [6.45, 7) is 2.03. The highest BCUT2D eigenvalue weighted by Gasteiger charge is 2.32. The molecule has 142 valence electrons. The molecule has 7 nitrogen and oxygen atoms in total. The number of nitrogens with two attached hydrogens (primary N) is 1. The summed E-state index contributed by atoms with van der Waals surface area (Å²) in [5, 5.41) is 7.95. The number of ketones is 1. The van der Waals surface area contributed by atoms with Crippen LogP contribution in [0.25, 0.3) is 0 Å². The van der Waals surface area contributed by atoms with E-state index in [-0.39, 0.29) is 28.4 Å². The van der Waals surface area contributed by atoms with Crippen LogP contribution in [-0.4, -0.2) is 27.1 Å². The lowest BCUT2D eigenvalue weighted by Gasteiger charge is -2.27. The Hall–Kier alpha value is -2.75. The van der Waals surface area contributed by atoms with Gasteiger partial charge in [-0.05, 0) is 43.3 Å². The van der Waals surface area contributed by atoms with Gasteiger partial charge in [-0.25, -0.2) is 17.9 Å². The van der Waals surface area contributed by atoms with Crippen molar-refractivity contribution < 1.29 is 27.1 Å². The average Bonchev–Trinajstić information content (AvgIpc) is 2.62. The number of carbonyl (C=O) groups excluding carboxylic acids is 1. The maximum Gasteiger partial charge on any atom is 0.238 e. The fourth-order valence-electron chi connectivity index (χ4n) is 2.56. The molecule has 0 bridgehead atoms. The summed E-state index contributed by atoms with van der Waals surface area (Å²) in [6.07, 6.45) is 0.369. The zero-order chi connectivity index (χ0) is 19.6. The number of fused-ring (bicyclic) bond motifs is 1. The van der Waals surface area contributed by atoms with Crippen molar-refractivity contribution in [2.45, 2.75) is 18.1 Å². The van der Waals surface area contributed by atoms with E-state index in [1.165, 1.54) is 36.5 Å². The van der Waals surface area contributed by atoms with Crippen molar-refractivity contribution >= 4 is 21.5 Å². The van der Waals surface area contributed by atoms with Gasteiger partial charge in [0.15, 0.2) is 0 Å². The molecular weight excluding hydrogens is 375 g/mol. The Balaban J connectivity index is 1.94. The van der Waals surface area contributed by atoms with Gasteiger partial charge in [-0.2, -0.15) is 0 Å². The van der Waals surface area contributed by atoms with Crippen molar-refractivity contribution in [3.63, 3.8) is 0 Å². The molecule has 2 aromatic carbocycles. The van der Waals surface area contributed by atoms with Gasteiger partial charge >= 0.3 is 0 Å². The summed E-state index contributed by atoms with van der Waals surface area (Å²) in [6, 6.07) is 9.44. The number of Topliss-reactive ketones (excluding diaryl/α,β-unsaturated/α-hetero) is 1. The van der Waals surface area contributed by atoms with Crippen LogP contribution in [0.1, 0.15) is 17.3 Å². The fraction of sp³-hybridized carbons (Fsp3) is 0.167. The first-order chi connectivity index (χ1) is 12.8. The standard InChI is InChI=1S/C18H17FN2O5S/c1-2-25-18-15(17(22)14-8-11(19)6-7-16(14)26-18)10-21-12-4-3-5-13(9-12)27(20,23)24/h3-10,18,21H,2H2,1H3,(H2,20,23,24)/b15-10+. The van der Waals surface area contributed by atoms with E-state index in [1.807, 2.05) is 0 Å². The first-order valence-electron chi connectivity index (χ1n) is 8.01. The highest BCUT2D eigenvalue weighted by molar-refractivity contribution is 7.89. The minimum absolute atomic E-state index is 0.0779. The first kappa shape index (κ1) is 19.0. The summed E-state index contributed by atoms with van der Waals surface area (Å²) in [7, 11) is -3.86. The molecule has 0 aliphatic carbocycles. The molecule has 0 fully saturated rings. The van der Waals surface area contributed by atoms with E-state index in [1.54, 1.807) is 13.0 Å². The Morgan fingerprint density at radius 2 is 2.07 bits per heavy atom.